The van der Waals surface area contributed by atoms with Crippen LogP contribution in [0.1, 0.15) is 32.7 Å². The average Bonchev–Trinajstić information content (AvgIpc) is 3.19. The number of nitrogens with one attached hydrogen (secondary N) is 1. The van der Waals surface area contributed by atoms with Crippen molar-refractivity contribution in [3.05, 3.63) is 71.3 Å². The molecule has 2 aromatic carbocycles. The van der Waals surface area contributed by atoms with Crippen LogP contribution in [0.25, 0.3) is 0 Å². The largest absolute Gasteiger partial charge is 0.442 e. The average molecular weight is 380 g/mol. The van der Waals surface area contributed by atoms with Gasteiger partial charge in [0, 0.05) is 6.61 Å². The second kappa shape index (κ2) is 7.82. The molecule has 0 bridgehead atoms. The zero-order valence-electron chi connectivity index (χ0n) is 15.2. The summed E-state index contributed by atoms with van der Waals surface area (Å²) in [6.07, 6.45) is -0.628. The van der Waals surface area contributed by atoms with Gasteiger partial charge in [0.2, 0.25) is 0 Å². The minimum absolute atomic E-state index is 0.0223. The molecule has 4 rings (SSSR count). The van der Waals surface area contributed by atoms with Crippen molar-refractivity contribution in [3.63, 3.8) is 0 Å². The second-order valence-electron chi connectivity index (χ2n) is 6.79. The Bertz CT molecular complexity index is 864. The van der Waals surface area contributed by atoms with Crippen molar-refractivity contribution in [1.29, 1.82) is 0 Å². The summed E-state index contributed by atoms with van der Waals surface area (Å²) in [5, 5.41) is 2.74. The Morgan fingerprint density at radius 2 is 1.57 bits per heavy atom. The predicted molar refractivity (Wildman–Crippen MR) is 99.7 cm³/mol. The van der Waals surface area contributed by atoms with Gasteiger partial charge in [-0.15, -0.1) is 0 Å². The van der Waals surface area contributed by atoms with E-state index in [1.165, 1.54) is 0 Å². The number of carbonyl (C=O) groups excluding carboxylic acids is 3. The van der Waals surface area contributed by atoms with E-state index in [2.05, 4.69) is 5.32 Å². The molecule has 2 heterocycles. The van der Waals surface area contributed by atoms with Gasteiger partial charge in [-0.05, 0) is 24.1 Å². The van der Waals surface area contributed by atoms with E-state index >= 15 is 0 Å². The van der Waals surface area contributed by atoms with Crippen LogP contribution in [0, 0.1) is 0 Å². The van der Waals surface area contributed by atoms with Crippen LogP contribution >= 0.6 is 0 Å². The van der Waals surface area contributed by atoms with Crippen LogP contribution < -0.4 is 5.32 Å². The number of cyclic esters (lactones) is 1. The number of amides is 3. The highest BCUT2D eigenvalue weighted by molar-refractivity contribution is 6.21. The van der Waals surface area contributed by atoms with E-state index in [1.54, 1.807) is 24.3 Å². The first kappa shape index (κ1) is 18.2. The van der Waals surface area contributed by atoms with Gasteiger partial charge >= 0.3 is 6.09 Å². The van der Waals surface area contributed by atoms with Gasteiger partial charge in [0.25, 0.3) is 11.8 Å². The number of hydrogen-bond acceptors (Lipinski definition) is 5. The fourth-order valence-corrected chi connectivity index (χ4v) is 3.48. The van der Waals surface area contributed by atoms with Crippen molar-refractivity contribution in [3.8, 4) is 0 Å². The molecule has 0 aromatic heterocycles. The van der Waals surface area contributed by atoms with Crippen LogP contribution in [0.15, 0.2) is 54.6 Å². The van der Waals surface area contributed by atoms with E-state index in [1.807, 2.05) is 30.3 Å². The summed E-state index contributed by atoms with van der Waals surface area (Å²) in [5.74, 6) is -0.717. The van der Waals surface area contributed by atoms with E-state index in [-0.39, 0.29) is 24.4 Å². The lowest BCUT2D eigenvalue weighted by Gasteiger charge is -2.22. The van der Waals surface area contributed by atoms with Crippen molar-refractivity contribution in [2.75, 3.05) is 13.2 Å². The van der Waals surface area contributed by atoms with Crippen LogP contribution in [-0.4, -0.2) is 48.1 Å². The molecule has 28 heavy (non-hydrogen) atoms. The first-order valence-corrected chi connectivity index (χ1v) is 9.17. The molecule has 144 valence electrons. The predicted octanol–water partition coefficient (Wildman–Crippen LogP) is 2.37. The van der Waals surface area contributed by atoms with Gasteiger partial charge in [-0.3, -0.25) is 14.5 Å². The van der Waals surface area contributed by atoms with Crippen LogP contribution in [0.3, 0.4) is 0 Å². The summed E-state index contributed by atoms with van der Waals surface area (Å²) in [4.78, 5) is 37.9. The van der Waals surface area contributed by atoms with Gasteiger partial charge in [-0.1, -0.05) is 42.5 Å². The molecule has 2 aromatic rings. The molecule has 0 spiro atoms. The number of fused-ring (bicyclic) bond motifs is 1. The third kappa shape index (κ3) is 3.61. The van der Waals surface area contributed by atoms with Crippen molar-refractivity contribution < 1.29 is 23.9 Å². The molecule has 7 nitrogen and oxygen atoms in total. The Morgan fingerprint density at radius 3 is 2.25 bits per heavy atom. The molecule has 2 aliphatic rings. The fourth-order valence-electron chi connectivity index (χ4n) is 3.48. The highest BCUT2D eigenvalue weighted by Crippen LogP contribution is 2.24. The van der Waals surface area contributed by atoms with Gasteiger partial charge in [-0.25, -0.2) is 4.79 Å². The molecule has 1 fully saturated rings. The molecule has 7 heteroatoms. The normalized spacial score (nSPS) is 20.9. The SMILES string of the molecule is O=C1NC(CCOCc2ccccc2)C(CN2C(=O)c3ccccc3C2=O)O1. The van der Waals surface area contributed by atoms with Crippen LogP contribution in [0.2, 0.25) is 0 Å². The van der Waals surface area contributed by atoms with E-state index in [9.17, 15) is 14.4 Å². The lowest BCUT2D eigenvalue weighted by molar-refractivity contribution is 0.0506. The Kier molecular flexibility index (Phi) is 5.08. The minimum atomic E-state index is -0.602. The van der Waals surface area contributed by atoms with Gasteiger partial charge in [0.05, 0.1) is 30.3 Å². The van der Waals surface area contributed by atoms with E-state index in [0.29, 0.717) is 30.8 Å². The van der Waals surface area contributed by atoms with Crippen LogP contribution in [0.4, 0.5) is 4.79 Å². The summed E-state index contributed by atoms with van der Waals surface area (Å²) >= 11 is 0. The Morgan fingerprint density at radius 1 is 0.929 bits per heavy atom. The maximum absolute atomic E-state index is 12.5. The van der Waals surface area contributed by atoms with Crippen molar-refractivity contribution in [2.24, 2.45) is 0 Å². The molecule has 0 aliphatic carbocycles. The molecule has 3 amide bonds. The first-order chi connectivity index (χ1) is 13.6. The van der Waals surface area contributed by atoms with Crippen LogP contribution in [-0.2, 0) is 16.1 Å². The molecule has 2 aliphatic heterocycles. The van der Waals surface area contributed by atoms with E-state index in [0.717, 1.165) is 10.5 Å². The Hall–Kier alpha value is -3.19. The highest BCUT2D eigenvalue weighted by atomic mass is 16.6. The smallest absolute Gasteiger partial charge is 0.407 e. The number of alkyl carbamates (subject to hydrolysis) is 1. The molecule has 1 saturated heterocycles. The number of hydrogen-bond donors (Lipinski definition) is 1. The lowest BCUT2D eigenvalue weighted by atomic mass is 10.1. The first-order valence-electron chi connectivity index (χ1n) is 9.17. The highest BCUT2D eigenvalue weighted by Gasteiger charge is 2.41. The molecular formula is C21H20N2O5. The summed E-state index contributed by atoms with van der Waals surface area (Å²) < 4.78 is 11.0. The second-order valence-corrected chi connectivity index (χ2v) is 6.79. The molecule has 0 saturated carbocycles. The molecule has 1 N–H and O–H groups in total. The zero-order chi connectivity index (χ0) is 19.5. The molecule has 0 radical (unpaired) electrons. The Labute approximate surface area is 162 Å². The van der Waals surface area contributed by atoms with E-state index in [4.69, 9.17) is 9.47 Å². The lowest BCUT2D eigenvalue weighted by Crippen LogP contribution is -2.43. The number of rotatable bonds is 7. The number of ether oxygens (including phenoxy) is 2. The monoisotopic (exact) mass is 380 g/mol. The van der Waals surface area contributed by atoms with Crippen LogP contribution in [0.5, 0.6) is 0 Å². The topological polar surface area (TPSA) is 84.9 Å². The van der Waals surface area contributed by atoms with Crippen molar-refractivity contribution in [2.45, 2.75) is 25.2 Å². The summed E-state index contributed by atoms with van der Waals surface area (Å²) in [6, 6.07) is 16.2. The minimum Gasteiger partial charge on any atom is -0.442 e. The standard InChI is InChI=1S/C21H20N2O5/c24-19-15-8-4-5-9-16(15)20(25)23(19)12-18-17(22-21(26)28-18)10-11-27-13-14-6-2-1-3-7-14/h1-9,17-18H,10-13H2,(H,22,26). The zero-order valence-corrected chi connectivity index (χ0v) is 15.2. The maximum atomic E-state index is 12.5. The molecule has 2 atom stereocenters. The van der Waals surface area contributed by atoms with Gasteiger partial charge in [-0.2, -0.15) is 0 Å². The fraction of sp³-hybridized carbons (Fsp3) is 0.286. The molecule has 2 unspecified atom stereocenters. The third-order valence-electron chi connectivity index (χ3n) is 4.94. The number of carbonyl (C=O) groups is 3. The summed E-state index contributed by atoms with van der Waals surface area (Å²) in [6.45, 7) is 0.918. The van der Waals surface area contributed by atoms with Gasteiger partial charge in [0.15, 0.2) is 0 Å². The number of benzene rings is 2. The van der Waals surface area contributed by atoms with Crippen molar-refractivity contribution >= 4 is 17.9 Å². The van der Waals surface area contributed by atoms with Crippen molar-refractivity contribution in [1.82, 2.24) is 10.2 Å². The number of nitrogens with zero attached hydrogens (tertiary/aromatic N) is 1. The third-order valence-corrected chi connectivity index (χ3v) is 4.94. The quantitative estimate of drug-likeness (QED) is 0.589. The Balaban J connectivity index is 1.34. The summed E-state index contributed by atoms with van der Waals surface area (Å²) in [5.41, 5.74) is 1.83. The number of imide groups is 1. The van der Waals surface area contributed by atoms with E-state index < -0.39 is 12.2 Å². The molecular weight excluding hydrogens is 360 g/mol. The van der Waals surface area contributed by atoms with Gasteiger partial charge in [0.1, 0.15) is 6.10 Å². The summed E-state index contributed by atoms with van der Waals surface area (Å²) in [7, 11) is 0. The maximum Gasteiger partial charge on any atom is 0.407 e. The van der Waals surface area contributed by atoms with Gasteiger partial charge < -0.3 is 14.8 Å².